The molecule has 0 spiro atoms. The Morgan fingerprint density at radius 1 is 1.31 bits per heavy atom. The van der Waals surface area contributed by atoms with E-state index in [0.717, 1.165) is 18.0 Å². The number of primary amides is 1. The fourth-order valence-corrected chi connectivity index (χ4v) is 3.22. The fourth-order valence-electron chi connectivity index (χ4n) is 3.22. The van der Waals surface area contributed by atoms with Crippen molar-refractivity contribution in [3.8, 4) is 0 Å². The number of carbonyl (C=O) groups is 1. The van der Waals surface area contributed by atoms with Crippen LogP contribution in [-0.2, 0) is 4.79 Å². The first-order chi connectivity index (χ1) is 12.6. The van der Waals surface area contributed by atoms with E-state index in [9.17, 15) is 4.79 Å². The monoisotopic (exact) mass is 351 g/mol. The Hall–Kier alpha value is -2.46. The maximum Gasteiger partial charge on any atom is 0.250 e. The molecular formula is C22H29N3O. The predicted molar refractivity (Wildman–Crippen MR) is 110 cm³/mol. The van der Waals surface area contributed by atoms with Gasteiger partial charge in [0.15, 0.2) is 0 Å². The summed E-state index contributed by atoms with van der Waals surface area (Å²) >= 11 is 0. The van der Waals surface area contributed by atoms with Crippen LogP contribution in [0, 0.1) is 6.92 Å². The molecule has 0 unspecified atom stereocenters. The van der Waals surface area contributed by atoms with E-state index in [2.05, 4.69) is 41.5 Å². The molecule has 0 radical (unpaired) electrons. The van der Waals surface area contributed by atoms with Gasteiger partial charge in [-0.25, -0.2) is 0 Å². The lowest BCUT2D eigenvalue weighted by atomic mass is 9.91. The molecule has 0 saturated carbocycles. The number of allylic oxidation sites excluding steroid dienone is 5. The van der Waals surface area contributed by atoms with Crippen LogP contribution in [-0.4, -0.2) is 31.8 Å². The highest BCUT2D eigenvalue weighted by Gasteiger charge is 2.16. The van der Waals surface area contributed by atoms with Gasteiger partial charge in [-0.2, -0.15) is 0 Å². The summed E-state index contributed by atoms with van der Waals surface area (Å²) in [4.78, 5) is 15.0. The van der Waals surface area contributed by atoms with E-state index in [0.29, 0.717) is 11.3 Å². The second kappa shape index (κ2) is 9.88. The van der Waals surface area contributed by atoms with Crippen molar-refractivity contribution >= 4 is 11.6 Å². The van der Waals surface area contributed by atoms with Crippen molar-refractivity contribution in [2.45, 2.75) is 32.6 Å². The van der Waals surface area contributed by atoms with E-state index in [1.54, 1.807) is 19.2 Å². The highest BCUT2D eigenvalue weighted by atomic mass is 16.1. The molecule has 4 heteroatoms. The molecule has 3 N–H and O–H groups in total. The van der Waals surface area contributed by atoms with Crippen LogP contribution in [0.25, 0.3) is 0 Å². The number of nitrogens with one attached hydrogen (secondary N) is 1. The Labute approximate surface area is 156 Å². The first kappa shape index (κ1) is 19.9. The van der Waals surface area contributed by atoms with Gasteiger partial charge in [0.1, 0.15) is 0 Å². The summed E-state index contributed by atoms with van der Waals surface area (Å²) in [7, 11) is 1.65. The fraction of sp³-hybridized carbons (Fsp3) is 0.364. The van der Waals surface area contributed by atoms with Gasteiger partial charge in [0.2, 0.25) is 0 Å². The van der Waals surface area contributed by atoms with E-state index in [-0.39, 0.29) is 0 Å². The molecule has 3 rings (SSSR count). The molecule has 138 valence electrons. The van der Waals surface area contributed by atoms with Crippen molar-refractivity contribution in [2.24, 2.45) is 10.7 Å². The summed E-state index contributed by atoms with van der Waals surface area (Å²) in [5.74, 6) is 0.304. The lowest BCUT2D eigenvalue weighted by molar-refractivity contribution is -0.114. The molecular weight excluding hydrogens is 322 g/mol. The van der Waals surface area contributed by atoms with Crippen LogP contribution < -0.4 is 11.1 Å². The number of aliphatic imine (C=N–C) groups is 1. The number of hydrogen-bond acceptors (Lipinski definition) is 3. The number of benzene rings is 1. The van der Waals surface area contributed by atoms with Crippen molar-refractivity contribution in [3.63, 3.8) is 0 Å². The third kappa shape index (κ3) is 5.27. The number of piperidine rings is 1. The van der Waals surface area contributed by atoms with Crippen molar-refractivity contribution in [3.05, 3.63) is 70.8 Å². The molecule has 4 nitrogen and oxygen atoms in total. The molecule has 1 aliphatic heterocycles. The summed E-state index contributed by atoms with van der Waals surface area (Å²) in [6.45, 7) is 6.39. The molecule has 1 atom stereocenters. The van der Waals surface area contributed by atoms with E-state index in [4.69, 9.17) is 5.73 Å². The molecule has 1 saturated heterocycles. The largest absolute Gasteiger partial charge is 0.366 e. The normalized spacial score (nSPS) is 22.6. The molecule has 26 heavy (non-hydrogen) atoms. The molecule has 1 heterocycles. The first-order valence-corrected chi connectivity index (χ1v) is 9.16. The average Bonchev–Trinajstić information content (AvgIpc) is 2.69. The molecule has 1 aliphatic carbocycles. The zero-order valence-corrected chi connectivity index (χ0v) is 16.0. The number of carbonyl (C=O) groups excluding carboxylic acids is 1. The Morgan fingerprint density at radius 2 is 2.04 bits per heavy atom. The minimum Gasteiger partial charge on any atom is -0.366 e. The van der Waals surface area contributed by atoms with Crippen molar-refractivity contribution in [2.75, 3.05) is 20.1 Å². The second-order valence-electron chi connectivity index (χ2n) is 6.57. The second-order valence-corrected chi connectivity index (χ2v) is 6.57. The predicted octanol–water partition coefficient (Wildman–Crippen LogP) is 3.45. The molecule has 1 fully saturated rings. The minimum atomic E-state index is -0.440. The van der Waals surface area contributed by atoms with Gasteiger partial charge < -0.3 is 11.1 Å². The highest BCUT2D eigenvalue weighted by Crippen LogP contribution is 2.23. The van der Waals surface area contributed by atoms with Gasteiger partial charge in [0.05, 0.1) is 11.3 Å². The lowest BCUT2D eigenvalue weighted by Crippen LogP contribution is -2.28. The van der Waals surface area contributed by atoms with Crippen molar-refractivity contribution in [1.82, 2.24) is 5.32 Å². The van der Waals surface area contributed by atoms with Gasteiger partial charge in [-0.05, 0) is 56.4 Å². The number of amides is 1. The van der Waals surface area contributed by atoms with E-state index < -0.39 is 5.91 Å². The van der Waals surface area contributed by atoms with Crippen LogP contribution in [0.2, 0.25) is 0 Å². The number of aryl methyl sites for hydroxylation is 1. The summed E-state index contributed by atoms with van der Waals surface area (Å²) in [5, 5.41) is 3.45. The summed E-state index contributed by atoms with van der Waals surface area (Å²) in [6.07, 6.45) is 9.93. The van der Waals surface area contributed by atoms with Crippen LogP contribution in [0.5, 0.6) is 0 Å². The third-order valence-electron chi connectivity index (χ3n) is 4.71. The molecule has 0 bridgehead atoms. The van der Waals surface area contributed by atoms with Crippen LogP contribution in [0.3, 0.4) is 0 Å². The Balaban J connectivity index is 0.000000187. The van der Waals surface area contributed by atoms with E-state index >= 15 is 0 Å². The van der Waals surface area contributed by atoms with Gasteiger partial charge in [-0.1, -0.05) is 48.1 Å². The highest BCUT2D eigenvalue weighted by molar-refractivity contribution is 6.29. The smallest absolute Gasteiger partial charge is 0.250 e. The van der Waals surface area contributed by atoms with Crippen LogP contribution >= 0.6 is 0 Å². The topological polar surface area (TPSA) is 67.5 Å². The standard InChI is InChI=1S/C12H17N.C10H12N2O/c1-10-4-6-11(7-5-10)12-3-2-8-13-9-12;1-3-7-5-4-6-8(10(11)13)9(7)12-2/h4-7,12-13H,2-3,8-9H2,1H3;3-6H,1-2H3,(H2,11,13)/b;7-3-,12-9?/t12-;/m1./s1. The molecule has 1 aromatic carbocycles. The first-order valence-electron chi connectivity index (χ1n) is 9.16. The zero-order chi connectivity index (χ0) is 18.9. The number of nitrogens with two attached hydrogens (primary N) is 1. The van der Waals surface area contributed by atoms with Gasteiger partial charge in [0.25, 0.3) is 5.91 Å². The average molecular weight is 351 g/mol. The zero-order valence-electron chi connectivity index (χ0n) is 16.0. The lowest BCUT2D eigenvalue weighted by Gasteiger charge is -2.23. The SMILES string of the molecule is C/C=C1/C=CC=C(C(N)=O)C1=NC.Cc1ccc([C@@H]2CCCNC2)cc1. The Bertz CT molecular complexity index is 733. The summed E-state index contributed by atoms with van der Waals surface area (Å²) in [5.41, 5.74) is 10.1. The number of rotatable bonds is 2. The number of hydrogen-bond donors (Lipinski definition) is 2. The third-order valence-corrected chi connectivity index (χ3v) is 4.71. The quantitative estimate of drug-likeness (QED) is 0.857. The van der Waals surface area contributed by atoms with Gasteiger partial charge in [-0.3, -0.25) is 9.79 Å². The van der Waals surface area contributed by atoms with E-state index in [1.807, 2.05) is 19.1 Å². The van der Waals surface area contributed by atoms with Crippen molar-refractivity contribution < 1.29 is 4.79 Å². The Kier molecular flexibility index (Phi) is 7.54. The van der Waals surface area contributed by atoms with Gasteiger partial charge in [0, 0.05) is 13.6 Å². The minimum absolute atomic E-state index is 0.440. The maximum atomic E-state index is 11.0. The molecule has 2 aliphatic rings. The maximum absolute atomic E-state index is 11.0. The summed E-state index contributed by atoms with van der Waals surface area (Å²) < 4.78 is 0. The number of nitrogens with zero attached hydrogens (tertiary/aromatic N) is 1. The van der Waals surface area contributed by atoms with Gasteiger partial charge >= 0.3 is 0 Å². The summed E-state index contributed by atoms with van der Waals surface area (Å²) in [6, 6.07) is 8.97. The van der Waals surface area contributed by atoms with Crippen LogP contribution in [0.15, 0.2) is 64.7 Å². The molecule has 1 aromatic rings. The molecule has 0 aromatic heterocycles. The van der Waals surface area contributed by atoms with Crippen molar-refractivity contribution in [1.29, 1.82) is 0 Å². The molecule has 1 amide bonds. The Morgan fingerprint density at radius 3 is 2.58 bits per heavy atom. The van der Waals surface area contributed by atoms with Crippen LogP contribution in [0.1, 0.15) is 36.8 Å². The van der Waals surface area contributed by atoms with Crippen LogP contribution in [0.4, 0.5) is 0 Å². The van der Waals surface area contributed by atoms with E-state index in [1.165, 1.54) is 30.5 Å². The van der Waals surface area contributed by atoms with Gasteiger partial charge in [-0.15, -0.1) is 0 Å².